The van der Waals surface area contributed by atoms with Crippen LogP contribution in [0.4, 0.5) is 0 Å². The molecule has 5 aliphatic rings. The largest absolute Gasteiger partial charge is 0.393 e. The Morgan fingerprint density at radius 2 is 1.86 bits per heavy atom. The number of carbonyl (C=O) groups excluding carboxylic acids is 1. The summed E-state index contributed by atoms with van der Waals surface area (Å²) in [6.07, 6.45) is 15.1. The maximum absolute atomic E-state index is 13.2. The van der Waals surface area contributed by atoms with Crippen LogP contribution in [0.25, 0.3) is 0 Å². The summed E-state index contributed by atoms with van der Waals surface area (Å²) in [6.45, 7) is 9.43. The molecule has 3 nitrogen and oxygen atoms in total. The summed E-state index contributed by atoms with van der Waals surface area (Å²) in [5.41, 5.74) is 3.72. The van der Waals surface area contributed by atoms with Crippen molar-refractivity contribution in [1.82, 2.24) is 4.90 Å². The lowest BCUT2D eigenvalue weighted by atomic mass is 9.47. The summed E-state index contributed by atoms with van der Waals surface area (Å²) in [6, 6.07) is 10.7. The van der Waals surface area contributed by atoms with Gasteiger partial charge in [0.25, 0.3) is 0 Å². The molecule has 1 amide bonds. The number of nitrogens with zero attached hydrogens (tertiary/aromatic N) is 1. The van der Waals surface area contributed by atoms with E-state index in [9.17, 15) is 9.90 Å². The number of hydrogen-bond acceptors (Lipinski definition) is 2. The zero-order valence-corrected chi connectivity index (χ0v) is 23.5. The van der Waals surface area contributed by atoms with Gasteiger partial charge in [0.05, 0.1) is 6.10 Å². The Bertz CT molecular complexity index is 1020. The summed E-state index contributed by atoms with van der Waals surface area (Å²) in [5.74, 6) is 4.73. The zero-order valence-electron chi connectivity index (χ0n) is 23.5. The Labute approximate surface area is 225 Å². The zero-order chi connectivity index (χ0) is 25.8. The van der Waals surface area contributed by atoms with Crippen molar-refractivity contribution in [3.8, 4) is 0 Å². The van der Waals surface area contributed by atoms with Crippen LogP contribution in [-0.4, -0.2) is 35.1 Å². The van der Waals surface area contributed by atoms with Crippen LogP contribution in [0.15, 0.2) is 42.0 Å². The van der Waals surface area contributed by atoms with Crippen LogP contribution in [0.5, 0.6) is 0 Å². The average Bonchev–Trinajstić information content (AvgIpc) is 3.53. The first-order valence-corrected chi connectivity index (χ1v) is 15.5. The summed E-state index contributed by atoms with van der Waals surface area (Å²) in [7, 11) is 0. The third-order valence-electron chi connectivity index (χ3n) is 12.5. The van der Waals surface area contributed by atoms with E-state index in [1.165, 1.54) is 44.1 Å². The lowest BCUT2D eigenvalue weighted by molar-refractivity contribution is -0.130. The molecule has 1 heterocycles. The highest BCUT2D eigenvalue weighted by molar-refractivity contribution is 5.76. The number of aliphatic hydroxyl groups is 1. The number of rotatable bonds is 5. The third-order valence-corrected chi connectivity index (χ3v) is 12.5. The van der Waals surface area contributed by atoms with E-state index in [2.05, 4.69) is 62.1 Å². The Morgan fingerprint density at radius 1 is 1.05 bits per heavy atom. The highest BCUT2D eigenvalue weighted by Gasteiger charge is 2.59. The number of amides is 1. The van der Waals surface area contributed by atoms with Gasteiger partial charge in [-0.3, -0.25) is 4.79 Å². The maximum atomic E-state index is 13.2. The van der Waals surface area contributed by atoms with Gasteiger partial charge in [0.2, 0.25) is 5.91 Å². The maximum Gasteiger partial charge on any atom is 0.222 e. The second-order valence-electron chi connectivity index (χ2n) is 14.1. The predicted molar refractivity (Wildman–Crippen MR) is 150 cm³/mol. The first-order chi connectivity index (χ1) is 17.8. The van der Waals surface area contributed by atoms with Crippen LogP contribution >= 0.6 is 0 Å². The average molecular weight is 504 g/mol. The van der Waals surface area contributed by atoms with E-state index in [1.807, 2.05) is 0 Å². The van der Waals surface area contributed by atoms with Crippen molar-refractivity contribution in [2.45, 2.75) is 103 Å². The summed E-state index contributed by atoms with van der Waals surface area (Å²) in [4.78, 5) is 15.3. The molecule has 0 aromatic heterocycles. The first kappa shape index (κ1) is 25.7. The topological polar surface area (TPSA) is 40.5 Å². The molecule has 0 unspecified atom stereocenters. The van der Waals surface area contributed by atoms with Crippen molar-refractivity contribution in [2.75, 3.05) is 13.1 Å². The van der Waals surface area contributed by atoms with Gasteiger partial charge in [-0.15, -0.1) is 0 Å². The molecule has 202 valence electrons. The summed E-state index contributed by atoms with van der Waals surface area (Å²) in [5, 5.41) is 10.3. The van der Waals surface area contributed by atoms with Gasteiger partial charge in [-0.2, -0.15) is 0 Å². The van der Waals surface area contributed by atoms with Crippen molar-refractivity contribution >= 4 is 5.91 Å². The molecule has 1 saturated heterocycles. The van der Waals surface area contributed by atoms with Crippen molar-refractivity contribution < 1.29 is 9.90 Å². The van der Waals surface area contributed by atoms with Crippen molar-refractivity contribution in [3.05, 3.63) is 47.5 Å². The molecule has 1 aliphatic heterocycles. The molecule has 0 spiro atoms. The molecule has 37 heavy (non-hydrogen) atoms. The number of benzene rings is 1. The number of likely N-dealkylation sites (tertiary alicyclic amines) is 1. The van der Waals surface area contributed by atoms with Gasteiger partial charge in [-0.25, -0.2) is 0 Å². The Balaban J connectivity index is 1.07. The lowest BCUT2D eigenvalue weighted by Crippen LogP contribution is -2.50. The smallest absolute Gasteiger partial charge is 0.222 e. The van der Waals surface area contributed by atoms with Crippen molar-refractivity contribution in [2.24, 2.45) is 40.4 Å². The number of carbonyl (C=O) groups is 1. The van der Waals surface area contributed by atoms with E-state index in [4.69, 9.17) is 0 Å². The molecule has 1 aromatic carbocycles. The van der Waals surface area contributed by atoms with Crippen LogP contribution in [0, 0.1) is 40.4 Å². The van der Waals surface area contributed by atoms with Crippen LogP contribution in [0.3, 0.4) is 0 Å². The standard InChI is InChI=1S/C34H49NO2/c1-23(9-14-32(37)35-20-17-25(22-35)24-7-5-4-6-8-24)29-12-13-30-28-11-10-26-21-27(36)15-18-33(26,2)31(28)16-19-34(29,30)3/h4-8,10,23,25,27-31,36H,9,11-22H2,1-3H3/t23-,25+,27+,28+,29-,30+,31+,33+,34-/m1/s1. The minimum atomic E-state index is -0.117. The van der Waals surface area contributed by atoms with E-state index >= 15 is 0 Å². The highest BCUT2D eigenvalue weighted by Crippen LogP contribution is 2.67. The summed E-state index contributed by atoms with van der Waals surface area (Å²) >= 11 is 0. The van der Waals surface area contributed by atoms with Gasteiger partial charge >= 0.3 is 0 Å². The molecule has 6 rings (SSSR count). The van der Waals surface area contributed by atoms with E-state index < -0.39 is 0 Å². The fourth-order valence-corrected chi connectivity index (χ4v) is 10.3. The molecule has 9 atom stereocenters. The highest BCUT2D eigenvalue weighted by atomic mass is 16.3. The lowest BCUT2D eigenvalue weighted by Gasteiger charge is -2.58. The normalized spacial score (nSPS) is 41.9. The van der Waals surface area contributed by atoms with E-state index in [1.54, 1.807) is 5.57 Å². The monoisotopic (exact) mass is 503 g/mol. The molecule has 4 aliphatic carbocycles. The number of hydrogen-bond donors (Lipinski definition) is 1. The molecule has 3 saturated carbocycles. The van der Waals surface area contributed by atoms with Gasteiger partial charge in [-0.05, 0) is 110 Å². The SMILES string of the molecule is C[C@H](CCC(=O)N1CC[C@H](c2ccccc2)C1)[C@H]1CC[C@H]2[C@@H]3CC=C4C[C@@H](O)CC[C@]4(C)[C@H]3CC[C@]12C. The van der Waals surface area contributed by atoms with Crippen molar-refractivity contribution in [3.63, 3.8) is 0 Å². The number of aliphatic hydroxyl groups excluding tert-OH is 1. The van der Waals surface area contributed by atoms with Crippen molar-refractivity contribution in [1.29, 1.82) is 0 Å². The molecule has 0 radical (unpaired) electrons. The second kappa shape index (κ2) is 9.85. The summed E-state index contributed by atoms with van der Waals surface area (Å²) < 4.78 is 0. The second-order valence-corrected chi connectivity index (χ2v) is 14.1. The Kier molecular flexibility index (Phi) is 6.83. The van der Waals surface area contributed by atoms with Crippen LogP contribution in [0.1, 0.15) is 103 Å². The fourth-order valence-electron chi connectivity index (χ4n) is 10.3. The molecule has 4 fully saturated rings. The molecule has 3 heteroatoms. The van der Waals surface area contributed by atoms with E-state index in [0.717, 1.165) is 68.9 Å². The minimum Gasteiger partial charge on any atom is -0.393 e. The molecule has 1 N–H and O–H groups in total. The Hall–Kier alpha value is -1.61. The van der Waals surface area contributed by atoms with Gasteiger partial charge in [0.1, 0.15) is 0 Å². The van der Waals surface area contributed by atoms with E-state index in [-0.39, 0.29) is 6.10 Å². The van der Waals surface area contributed by atoms with Gasteiger partial charge in [0, 0.05) is 25.4 Å². The van der Waals surface area contributed by atoms with Crippen LogP contribution < -0.4 is 0 Å². The predicted octanol–water partition coefficient (Wildman–Crippen LogP) is 7.36. The quantitative estimate of drug-likeness (QED) is 0.427. The molecular formula is C34H49NO2. The molecule has 1 aromatic rings. The number of fused-ring (bicyclic) bond motifs is 5. The molecular weight excluding hydrogens is 454 g/mol. The van der Waals surface area contributed by atoms with Crippen LogP contribution in [0.2, 0.25) is 0 Å². The minimum absolute atomic E-state index is 0.117. The van der Waals surface area contributed by atoms with E-state index in [0.29, 0.717) is 28.6 Å². The van der Waals surface area contributed by atoms with Crippen LogP contribution in [-0.2, 0) is 4.79 Å². The number of allylic oxidation sites excluding steroid dienone is 1. The third kappa shape index (κ3) is 4.42. The Morgan fingerprint density at radius 3 is 2.68 bits per heavy atom. The van der Waals surface area contributed by atoms with Gasteiger partial charge in [-0.1, -0.05) is 62.8 Å². The molecule has 0 bridgehead atoms. The van der Waals surface area contributed by atoms with Gasteiger partial charge in [0.15, 0.2) is 0 Å². The first-order valence-electron chi connectivity index (χ1n) is 15.5. The van der Waals surface area contributed by atoms with Gasteiger partial charge < -0.3 is 10.0 Å². The fraction of sp³-hybridized carbons (Fsp3) is 0.735.